The van der Waals surface area contributed by atoms with Gasteiger partial charge in [-0.3, -0.25) is 4.79 Å². The molecular formula is C13H20N2O2. The lowest BCUT2D eigenvalue weighted by molar-refractivity contribution is 0.0588. The van der Waals surface area contributed by atoms with Crippen molar-refractivity contribution >= 4 is 11.6 Å². The largest absolute Gasteiger partial charge is 0.385 e. The standard InChI is InChI=1S/C13H20N2O2/c1-4-9(5-2)11(16)12(17)10-8(3)6-7-15-13(10)14/h6-7,9,11,16H,4-5H2,1-3H3,(H2,14,15). The molecule has 1 aromatic rings. The topological polar surface area (TPSA) is 76.2 Å². The number of hydrogen-bond donors (Lipinski definition) is 2. The van der Waals surface area contributed by atoms with Crippen LogP contribution < -0.4 is 5.73 Å². The molecule has 0 aromatic carbocycles. The molecule has 0 saturated carbocycles. The molecule has 0 aliphatic heterocycles. The molecule has 17 heavy (non-hydrogen) atoms. The summed E-state index contributed by atoms with van der Waals surface area (Å²) in [5.41, 5.74) is 6.81. The van der Waals surface area contributed by atoms with Gasteiger partial charge in [0, 0.05) is 6.20 Å². The first-order valence-corrected chi connectivity index (χ1v) is 5.96. The van der Waals surface area contributed by atoms with Crippen molar-refractivity contribution in [2.45, 2.75) is 39.7 Å². The van der Waals surface area contributed by atoms with Gasteiger partial charge in [-0.2, -0.15) is 0 Å². The number of pyridine rings is 1. The maximum atomic E-state index is 12.2. The third-order valence-electron chi connectivity index (χ3n) is 3.20. The van der Waals surface area contributed by atoms with Gasteiger partial charge >= 0.3 is 0 Å². The second-order valence-corrected chi connectivity index (χ2v) is 4.27. The number of carbonyl (C=O) groups excluding carboxylic acids is 1. The monoisotopic (exact) mass is 236 g/mol. The molecule has 4 nitrogen and oxygen atoms in total. The smallest absolute Gasteiger partial charge is 0.195 e. The highest BCUT2D eigenvalue weighted by molar-refractivity contribution is 6.04. The number of aliphatic hydroxyl groups excluding tert-OH is 1. The molecule has 0 spiro atoms. The number of aliphatic hydroxyl groups is 1. The SMILES string of the molecule is CCC(CC)C(O)C(=O)c1c(C)ccnc1N. The number of aromatic nitrogens is 1. The molecule has 1 rings (SSSR count). The summed E-state index contributed by atoms with van der Waals surface area (Å²) >= 11 is 0. The Kier molecular flexibility index (Phi) is 4.63. The molecule has 0 aliphatic carbocycles. The molecule has 94 valence electrons. The minimum absolute atomic E-state index is 0.0264. The zero-order chi connectivity index (χ0) is 13.0. The maximum Gasteiger partial charge on any atom is 0.195 e. The van der Waals surface area contributed by atoms with Crippen molar-refractivity contribution < 1.29 is 9.90 Å². The first-order valence-electron chi connectivity index (χ1n) is 5.96. The quantitative estimate of drug-likeness (QED) is 0.766. The second-order valence-electron chi connectivity index (χ2n) is 4.27. The number of Topliss-reactive ketones (excluding diaryl/α,β-unsaturated/α-hetero) is 1. The van der Waals surface area contributed by atoms with Gasteiger partial charge in [0.15, 0.2) is 5.78 Å². The van der Waals surface area contributed by atoms with Gasteiger partial charge in [0.25, 0.3) is 0 Å². The summed E-state index contributed by atoms with van der Waals surface area (Å²) in [5, 5.41) is 10.0. The Morgan fingerprint density at radius 3 is 2.53 bits per heavy atom. The Hall–Kier alpha value is -1.42. The number of nitrogens with two attached hydrogens (primary N) is 1. The number of anilines is 1. The highest BCUT2D eigenvalue weighted by Crippen LogP contribution is 2.21. The summed E-state index contributed by atoms with van der Waals surface area (Å²) in [6.07, 6.45) is 2.10. The van der Waals surface area contributed by atoms with Crippen LogP contribution in [0.4, 0.5) is 5.82 Å². The van der Waals surface area contributed by atoms with Crippen LogP contribution in [0.3, 0.4) is 0 Å². The molecule has 0 amide bonds. The van der Waals surface area contributed by atoms with E-state index in [0.717, 1.165) is 18.4 Å². The van der Waals surface area contributed by atoms with Crippen molar-refractivity contribution in [3.05, 3.63) is 23.4 Å². The van der Waals surface area contributed by atoms with E-state index in [1.807, 2.05) is 13.8 Å². The van der Waals surface area contributed by atoms with E-state index in [0.29, 0.717) is 5.56 Å². The fraction of sp³-hybridized carbons (Fsp3) is 0.538. The summed E-state index contributed by atoms with van der Waals surface area (Å²) in [5.74, 6) is -0.150. The Morgan fingerprint density at radius 2 is 2.06 bits per heavy atom. The fourth-order valence-corrected chi connectivity index (χ4v) is 2.00. The molecule has 0 bridgehead atoms. The van der Waals surface area contributed by atoms with Crippen LogP contribution in [0.1, 0.15) is 42.6 Å². The lowest BCUT2D eigenvalue weighted by Gasteiger charge is -2.20. The van der Waals surface area contributed by atoms with E-state index in [1.54, 1.807) is 19.2 Å². The number of ketones is 1. The molecule has 1 unspecified atom stereocenters. The average Bonchev–Trinajstić information content (AvgIpc) is 2.30. The van der Waals surface area contributed by atoms with Crippen molar-refractivity contribution in [2.24, 2.45) is 5.92 Å². The van der Waals surface area contributed by atoms with Crippen LogP contribution in [0.25, 0.3) is 0 Å². The van der Waals surface area contributed by atoms with Crippen LogP contribution in [-0.2, 0) is 0 Å². The van der Waals surface area contributed by atoms with E-state index in [-0.39, 0.29) is 17.5 Å². The van der Waals surface area contributed by atoms with Gasteiger partial charge in [-0.05, 0) is 24.5 Å². The Bertz CT molecular complexity index is 380. The zero-order valence-corrected chi connectivity index (χ0v) is 10.6. The number of nitrogens with zero attached hydrogens (tertiary/aromatic N) is 1. The highest BCUT2D eigenvalue weighted by Gasteiger charge is 2.27. The molecule has 1 heterocycles. The van der Waals surface area contributed by atoms with Gasteiger partial charge in [0.05, 0.1) is 5.56 Å². The molecular weight excluding hydrogens is 216 g/mol. The average molecular weight is 236 g/mol. The third-order valence-corrected chi connectivity index (χ3v) is 3.20. The van der Waals surface area contributed by atoms with Crippen molar-refractivity contribution in [2.75, 3.05) is 5.73 Å². The normalized spacial score (nSPS) is 12.8. The number of hydrogen-bond acceptors (Lipinski definition) is 4. The van der Waals surface area contributed by atoms with Gasteiger partial charge in [-0.25, -0.2) is 4.98 Å². The molecule has 1 atom stereocenters. The summed E-state index contributed by atoms with van der Waals surface area (Å²) in [4.78, 5) is 16.1. The molecule has 0 fully saturated rings. The van der Waals surface area contributed by atoms with Gasteiger partial charge in [0.2, 0.25) is 0 Å². The van der Waals surface area contributed by atoms with Gasteiger partial charge in [-0.1, -0.05) is 26.7 Å². The first kappa shape index (κ1) is 13.6. The maximum absolute atomic E-state index is 12.2. The van der Waals surface area contributed by atoms with Crippen LogP contribution in [0, 0.1) is 12.8 Å². The molecule has 0 radical (unpaired) electrons. The van der Waals surface area contributed by atoms with Gasteiger partial charge in [-0.15, -0.1) is 0 Å². The summed E-state index contributed by atoms with van der Waals surface area (Å²) in [6.45, 7) is 5.72. The third kappa shape index (κ3) is 2.82. The summed E-state index contributed by atoms with van der Waals surface area (Å²) in [7, 11) is 0. The van der Waals surface area contributed by atoms with Crippen LogP contribution in [0.15, 0.2) is 12.3 Å². The second kappa shape index (κ2) is 5.77. The predicted octanol–water partition coefficient (Wildman–Crippen LogP) is 1.95. The van der Waals surface area contributed by atoms with E-state index < -0.39 is 6.10 Å². The molecule has 4 heteroatoms. The summed E-state index contributed by atoms with van der Waals surface area (Å²) < 4.78 is 0. The zero-order valence-electron chi connectivity index (χ0n) is 10.6. The minimum Gasteiger partial charge on any atom is -0.385 e. The lowest BCUT2D eigenvalue weighted by Crippen LogP contribution is -2.30. The fourth-order valence-electron chi connectivity index (χ4n) is 2.00. The predicted molar refractivity (Wildman–Crippen MR) is 67.8 cm³/mol. The van der Waals surface area contributed by atoms with Crippen LogP contribution in [-0.4, -0.2) is 22.0 Å². The number of carbonyl (C=O) groups is 1. The molecule has 3 N–H and O–H groups in total. The number of aryl methyl sites for hydroxylation is 1. The molecule has 1 aromatic heterocycles. The number of nitrogen functional groups attached to an aromatic ring is 1. The summed E-state index contributed by atoms with van der Waals surface area (Å²) in [6, 6.07) is 1.73. The first-order chi connectivity index (χ1) is 8.02. The van der Waals surface area contributed by atoms with Crippen molar-refractivity contribution in [3.63, 3.8) is 0 Å². The van der Waals surface area contributed by atoms with Crippen LogP contribution in [0.5, 0.6) is 0 Å². The Labute approximate surface area is 102 Å². The lowest BCUT2D eigenvalue weighted by atomic mass is 9.90. The Balaban J connectivity index is 3.04. The number of rotatable bonds is 5. The van der Waals surface area contributed by atoms with E-state index >= 15 is 0 Å². The van der Waals surface area contributed by atoms with E-state index in [4.69, 9.17) is 5.73 Å². The van der Waals surface area contributed by atoms with Crippen LogP contribution >= 0.6 is 0 Å². The van der Waals surface area contributed by atoms with E-state index in [9.17, 15) is 9.90 Å². The highest BCUT2D eigenvalue weighted by atomic mass is 16.3. The van der Waals surface area contributed by atoms with E-state index in [2.05, 4.69) is 4.98 Å². The molecule has 0 saturated heterocycles. The van der Waals surface area contributed by atoms with Crippen molar-refractivity contribution in [1.29, 1.82) is 0 Å². The van der Waals surface area contributed by atoms with Gasteiger partial charge in [0.1, 0.15) is 11.9 Å². The van der Waals surface area contributed by atoms with Crippen LogP contribution in [0.2, 0.25) is 0 Å². The molecule has 0 aliphatic rings. The Morgan fingerprint density at radius 1 is 1.47 bits per heavy atom. The van der Waals surface area contributed by atoms with E-state index in [1.165, 1.54) is 0 Å². The minimum atomic E-state index is -0.991. The van der Waals surface area contributed by atoms with Crippen molar-refractivity contribution in [3.8, 4) is 0 Å². The van der Waals surface area contributed by atoms with Crippen molar-refractivity contribution in [1.82, 2.24) is 4.98 Å². The van der Waals surface area contributed by atoms with Gasteiger partial charge < -0.3 is 10.8 Å².